The van der Waals surface area contributed by atoms with Crippen LogP contribution in [0.25, 0.3) is 0 Å². The van der Waals surface area contributed by atoms with Gasteiger partial charge in [-0.15, -0.1) is 0 Å². The Labute approximate surface area is 116 Å². The molecular formula is C16H23N3. The van der Waals surface area contributed by atoms with Crippen LogP contribution in [0.2, 0.25) is 0 Å². The first kappa shape index (κ1) is 14.0. The summed E-state index contributed by atoms with van der Waals surface area (Å²) in [6.07, 6.45) is 2.47. The molecule has 1 fully saturated rings. The molecule has 2 rings (SSSR count). The van der Waals surface area contributed by atoms with E-state index in [1.54, 1.807) is 0 Å². The van der Waals surface area contributed by atoms with E-state index in [0.717, 1.165) is 12.1 Å². The van der Waals surface area contributed by atoms with Crippen molar-refractivity contribution in [3.8, 4) is 6.07 Å². The molecule has 3 unspecified atom stereocenters. The number of nitriles is 1. The molecule has 1 saturated heterocycles. The zero-order valence-corrected chi connectivity index (χ0v) is 11.8. The Kier molecular flexibility index (Phi) is 4.24. The van der Waals surface area contributed by atoms with Crippen LogP contribution in [0, 0.1) is 17.2 Å². The second kappa shape index (κ2) is 5.73. The monoisotopic (exact) mass is 257 g/mol. The highest BCUT2D eigenvalue weighted by Gasteiger charge is 2.34. The standard InChI is InChI=1S/C16H23N3/c1-13-7-6-10-19(14(13)2)12-16(18,11-17)15-8-4-3-5-9-15/h3-5,8-9,13-14H,6-7,10,12,18H2,1-2H3. The Hall–Kier alpha value is -1.37. The maximum absolute atomic E-state index is 9.52. The molecule has 3 heteroatoms. The molecule has 0 saturated carbocycles. The Morgan fingerprint density at radius 1 is 1.37 bits per heavy atom. The van der Waals surface area contributed by atoms with Crippen LogP contribution in [0.15, 0.2) is 30.3 Å². The van der Waals surface area contributed by atoms with Crippen molar-refractivity contribution < 1.29 is 0 Å². The average Bonchev–Trinajstić information content (AvgIpc) is 2.45. The van der Waals surface area contributed by atoms with Gasteiger partial charge in [-0.05, 0) is 37.8 Å². The van der Waals surface area contributed by atoms with Crippen molar-refractivity contribution in [3.63, 3.8) is 0 Å². The molecule has 1 aromatic carbocycles. The molecule has 102 valence electrons. The van der Waals surface area contributed by atoms with Gasteiger partial charge in [-0.3, -0.25) is 4.90 Å². The van der Waals surface area contributed by atoms with E-state index in [1.165, 1.54) is 12.8 Å². The minimum atomic E-state index is -0.910. The van der Waals surface area contributed by atoms with E-state index >= 15 is 0 Å². The summed E-state index contributed by atoms with van der Waals surface area (Å²) in [6.45, 7) is 6.18. The molecule has 3 nitrogen and oxygen atoms in total. The molecule has 0 radical (unpaired) electrons. The zero-order valence-electron chi connectivity index (χ0n) is 11.8. The van der Waals surface area contributed by atoms with Gasteiger partial charge >= 0.3 is 0 Å². The summed E-state index contributed by atoms with van der Waals surface area (Å²) in [4.78, 5) is 2.37. The van der Waals surface area contributed by atoms with Crippen molar-refractivity contribution in [2.75, 3.05) is 13.1 Å². The van der Waals surface area contributed by atoms with Gasteiger partial charge in [0.15, 0.2) is 0 Å². The van der Waals surface area contributed by atoms with Crippen LogP contribution >= 0.6 is 0 Å². The molecule has 3 atom stereocenters. The highest BCUT2D eigenvalue weighted by atomic mass is 15.2. The highest BCUT2D eigenvalue weighted by molar-refractivity contribution is 5.31. The Morgan fingerprint density at radius 2 is 2.05 bits per heavy atom. The fourth-order valence-electron chi connectivity index (χ4n) is 2.89. The van der Waals surface area contributed by atoms with E-state index in [2.05, 4.69) is 24.8 Å². The minimum Gasteiger partial charge on any atom is -0.309 e. The average molecular weight is 257 g/mol. The van der Waals surface area contributed by atoms with Gasteiger partial charge in [-0.25, -0.2) is 0 Å². The summed E-state index contributed by atoms with van der Waals surface area (Å²) in [7, 11) is 0. The third-order valence-corrected chi connectivity index (χ3v) is 4.45. The van der Waals surface area contributed by atoms with E-state index in [1.807, 2.05) is 30.3 Å². The lowest BCUT2D eigenvalue weighted by atomic mass is 9.87. The zero-order chi connectivity index (χ0) is 13.9. The topological polar surface area (TPSA) is 53.0 Å². The quantitative estimate of drug-likeness (QED) is 0.905. The van der Waals surface area contributed by atoms with Crippen LogP contribution < -0.4 is 5.73 Å². The minimum absolute atomic E-state index is 0.494. The van der Waals surface area contributed by atoms with E-state index in [-0.39, 0.29) is 0 Å². The van der Waals surface area contributed by atoms with Gasteiger partial charge in [0.05, 0.1) is 6.07 Å². The van der Waals surface area contributed by atoms with Crippen molar-refractivity contribution in [2.24, 2.45) is 11.7 Å². The van der Waals surface area contributed by atoms with Crippen molar-refractivity contribution in [1.82, 2.24) is 4.90 Å². The maximum Gasteiger partial charge on any atom is 0.142 e. The number of likely N-dealkylation sites (tertiary alicyclic amines) is 1. The van der Waals surface area contributed by atoms with E-state index in [0.29, 0.717) is 18.5 Å². The maximum atomic E-state index is 9.52. The highest BCUT2D eigenvalue weighted by Crippen LogP contribution is 2.27. The van der Waals surface area contributed by atoms with E-state index < -0.39 is 5.54 Å². The Balaban J connectivity index is 2.17. The Morgan fingerprint density at radius 3 is 2.68 bits per heavy atom. The smallest absolute Gasteiger partial charge is 0.142 e. The van der Waals surface area contributed by atoms with Crippen LogP contribution in [0.3, 0.4) is 0 Å². The second-order valence-corrected chi connectivity index (χ2v) is 5.78. The number of hydrogen-bond donors (Lipinski definition) is 1. The Bertz CT molecular complexity index is 451. The van der Waals surface area contributed by atoms with Gasteiger partial charge in [0, 0.05) is 12.6 Å². The normalized spacial score (nSPS) is 27.5. The summed E-state index contributed by atoms with van der Waals surface area (Å²) in [5.74, 6) is 0.674. The molecule has 0 bridgehead atoms. The molecule has 19 heavy (non-hydrogen) atoms. The van der Waals surface area contributed by atoms with Gasteiger partial charge in [0.1, 0.15) is 5.54 Å². The third kappa shape index (κ3) is 2.97. The van der Waals surface area contributed by atoms with Crippen LogP contribution in [-0.4, -0.2) is 24.0 Å². The van der Waals surface area contributed by atoms with Gasteiger partial charge in [-0.1, -0.05) is 37.3 Å². The van der Waals surface area contributed by atoms with Crippen LogP contribution in [0.1, 0.15) is 32.3 Å². The first-order chi connectivity index (χ1) is 9.07. The third-order valence-electron chi connectivity index (χ3n) is 4.45. The summed E-state index contributed by atoms with van der Waals surface area (Å²) < 4.78 is 0. The first-order valence-corrected chi connectivity index (χ1v) is 7.06. The largest absolute Gasteiger partial charge is 0.309 e. The lowest BCUT2D eigenvalue weighted by Crippen LogP contribution is -2.52. The number of benzene rings is 1. The summed E-state index contributed by atoms with van der Waals surface area (Å²) in [5, 5.41) is 9.52. The SMILES string of the molecule is CC1CCCN(CC(N)(C#N)c2ccccc2)C1C. The van der Waals surface area contributed by atoms with E-state index in [4.69, 9.17) is 5.73 Å². The summed E-state index contributed by atoms with van der Waals surface area (Å²) in [5.41, 5.74) is 6.35. The molecule has 0 spiro atoms. The van der Waals surface area contributed by atoms with Crippen LogP contribution in [-0.2, 0) is 5.54 Å². The van der Waals surface area contributed by atoms with Crippen molar-refractivity contribution >= 4 is 0 Å². The molecular weight excluding hydrogens is 234 g/mol. The fraction of sp³-hybridized carbons (Fsp3) is 0.562. The van der Waals surface area contributed by atoms with Crippen LogP contribution in [0.5, 0.6) is 0 Å². The number of hydrogen-bond acceptors (Lipinski definition) is 3. The lowest BCUT2D eigenvalue weighted by Gasteiger charge is -2.41. The molecule has 0 amide bonds. The van der Waals surface area contributed by atoms with Gasteiger partial charge in [0.25, 0.3) is 0 Å². The van der Waals surface area contributed by atoms with Crippen LogP contribution in [0.4, 0.5) is 0 Å². The fourth-order valence-corrected chi connectivity index (χ4v) is 2.89. The summed E-state index contributed by atoms with van der Waals surface area (Å²) in [6, 6.07) is 12.5. The molecule has 1 aromatic rings. The molecule has 1 heterocycles. The first-order valence-electron chi connectivity index (χ1n) is 7.06. The van der Waals surface area contributed by atoms with Gasteiger partial charge in [0.2, 0.25) is 0 Å². The molecule has 1 aliphatic heterocycles. The molecule has 0 aliphatic carbocycles. The summed E-state index contributed by atoms with van der Waals surface area (Å²) >= 11 is 0. The lowest BCUT2D eigenvalue weighted by molar-refractivity contribution is 0.0967. The number of nitrogens with two attached hydrogens (primary N) is 1. The van der Waals surface area contributed by atoms with Crippen molar-refractivity contribution in [3.05, 3.63) is 35.9 Å². The number of piperidine rings is 1. The molecule has 1 aliphatic rings. The van der Waals surface area contributed by atoms with Gasteiger partial charge < -0.3 is 5.73 Å². The predicted molar refractivity (Wildman–Crippen MR) is 77.4 cm³/mol. The van der Waals surface area contributed by atoms with Crippen molar-refractivity contribution in [2.45, 2.75) is 38.3 Å². The number of nitrogens with zero attached hydrogens (tertiary/aromatic N) is 2. The van der Waals surface area contributed by atoms with E-state index in [9.17, 15) is 5.26 Å². The second-order valence-electron chi connectivity index (χ2n) is 5.78. The predicted octanol–water partition coefficient (Wildman–Crippen LogP) is 2.48. The molecule has 2 N–H and O–H groups in total. The van der Waals surface area contributed by atoms with Gasteiger partial charge in [-0.2, -0.15) is 5.26 Å². The van der Waals surface area contributed by atoms with Crippen molar-refractivity contribution in [1.29, 1.82) is 5.26 Å². The number of rotatable bonds is 3. The molecule has 0 aromatic heterocycles.